The van der Waals surface area contributed by atoms with E-state index in [2.05, 4.69) is 10.6 Å². The molecule has 5 heteroatoms. The fourth-order valence-corrected chi connectivity index (χ4v) is 1.38. The number of nitrogens with one attached hydrogen (secondary N) is 2. The third-order valence-electron chi connectivity index (χ3n) is 2.19. The maximum absolute atomic E-state index is 11.5. The number of benzene rings is 1. The van der Waals surface area contributed by atoms with Crippen molar-refractivity contribution in [3.63, 3.8) is 0 Å². The summed E-state index contributed by atoms with van der Waals surface area (Å²) in [4.78, 5) is 23.0. The van der Waals surface area contributed by atoms with Gasteiger partial charge in [-0.3, -0.25) is 4.79 Å². The average molecular weight is 250 g/mol. The molecule has 0 saturated heterocycles. The largest absolute Gasteiger partial charge is 0.462 e. The molecule has 0 spiro atoms. The van der Waals surface area contributed by atoms with Crippen LogP contribution >= 0.6 is 0 Å². The Hall–Kier alpha value is -1.88. The van der Waals surface area contributed by atoms with Crippen LogP contribution in [-0.2, 0) is 9.53 Å². The second-order valence-electron chi connectivity index (χ2n) is 3.63. The van der Waals surface area contributed by atoms with E-state index in [0.717, 1.165) is 6.54 Å². The molecule has 1 aromatic rings. The number of hydrogen-bond acceptors (Lipinski definition) is 4. The van der Waals surface area contributed by atoms with E-state index in [-0.39, 0.29) is 18.4 Å². The number of likely N-dealkylation sites (N-methyl/N-ethyl adjacent to an activating group) is 1. The van der Waals surface area contributed by atoms with Crippen molar-refractivity contribution in [2.75, 3.05) is 25.0 Å². The van der Waals surface area contributed by atoms with Crippen molar-refractivity contribution in [1.29, 1.82) is 0 Å². The molecular weight excluding hydrogens is 232 g/mol. The summed E-state index contributed by atoms with van der Waals surface area (Å²) < 4.78 is 4.89. The van der Waals surface area contributed by atoms with E-state index < -0.39 is 0 Å². The molecule has 2 N–H and O–H groups in total. The van der Waals surface area contributed by atoms with Crippen LogP contribution in [0.3, 0.4) is 0 Å². The van der Waals surface area contributed by atoms with Crippen LogP contribution < -0.4 is 10.6 Å². The maximum Gasteiger partial charge on any atom is 0.338 e. The lowest BCUT2D eigenvalue weighted by atomic mass is 10.2. The first-order valence-electron chi connectivity index (χ1n) is 5.95. The highest BCUT2D eigenvalue weighted by Crippen LogP contribution is 2.11. The number of anilines is 1. The van der Waals surface area contributed by atoms with Crippen LogP contribution in [-0.4, -0.2) is 31.6 Å². The lowest BCUT2D eigenvalue weighted by Gasteiger charge is -2.07. The Balaban J connectivity index is 2.64. The second kappa shape index (κ2) is 7.45. The van der Waals surface area contributed by atoms with Gasteiger partial charge in [-0.05, 0) is 31.7 Å². The zero-order valence-electron chi connectivity index (χ0n) is 10.7. The molecule has 0 fully saturated rings. The smallest absolute Gasteiger partial charge is 0.338 e. The molecule has 0 atom stereocenters. The summed E-state index contributed by atoms with van der Waals surface area (Å²) in [6.45, 7) is 4.99. The molecule has 0 aliphatic carbocycles. The highest BCUT2D eigenvalue weighted by Gasteiger charge is 2.08. The van der Waals surface area contributed by atoms with Crippen molar-refractivity contribution in [2.45, 2.75) is 13.8 Å². The third kappa shape index (κ3) is 4.55. The Morgan fingerprint density at radius 1 is 1.28 bits per heavy atom. The minimum Gasteiger partial charge on any atom is -0.462 e. The van der Waals surface area contributed by atoms with Gasteiger partial charge in [-0.1, -0.05) is 13.0 Å². The molecule has 18 heavy (non-hydrogen) atoms. The zero-order valence-corrected chi connectivity index (χ0v) is 10.7. The van der Waals surface area contributed by atoms with Gasteiger partial charge in [0.25, 0.3) is 0 Å². The maximum atomic E-state index is 11.5. The van der Waals surface area contributed by atoms with Crippen molar-refractivity contribution in [3.05, 3.63) is 29.8 Å². The quantitative estimate of drug-likeness (QED) is 0.749. The van der Waals surface area contributed by atoms with Gasteiger partial charge in [0.05, 0.1) is 18.7 Å². The highest BCUT2D eigenvalue weighted by molar-refractivity contribution is 5.95. The summed E-state index contributed by atoms with van der Waals surface area (Å²) in [5, 5.41) is 5.63. The number of rotatable bonds is 6. The zero-order chi connectivity index (χ0) is 13.4. The highest BCUT2D eigenvalue weighted by atomic mass is 16.5. The topological polar surface area (TPSA) is 67.4 Å². The van der Waals surface area contributed by atoms with Gasteiger partial charge < -0.3 is 15.4 Å². The van der Waals surface area contributed by atoms with Crippen LogP contribution in [0, 0.1) is 0 Å². The van der Waals surface area contributed by atoms with Gasteiger partial charge in [0, 0.05) is 5.69 Å². The number of hydrogen-bond donors (Lipinski definition) is 2. The first kappa shape index (κ1) is 14.2. The fraction of sp³-hybridized carbons (Fsp3) is 0.385. The first-order chi connectivity index (χ1) is 8.67. The standard InChI is InChI=1S/C13H18N2O3/c1-3-14-9-12(16)15-11-7-5-6-10(8-11)13(17)18-4-2/h5-8,14H,3-4,9H2,1-2H3,(H,15,16). The molecule has 1 rings (SSSR count). The lowest BCUT2D eigenvalue weighted by molar-refractivity contribution is -0.115. The Morgan fingerprint density at radius 2 is 2.06 bits per heavy atom. The van der Waals surface area contributed by atoms with Crippen LogP contribution in [0.2, 0.25) is 0 Å². The van der Waals surface area contributed by atoms with Crippen LogP contribution in [0.1, 0.15) is 24.2 Å². The Labute approximate surface area is 107 Å². The number of esters is 1. The van der Waals surface area contributed by atoms with E-state index in [0.29, 0.717) is 17.9 Å². The first-order valence-corrected chi connectivity index (χ1v) is 5.95. The van der Waals surface area contributed by atoms with Gasteiger partial charge >= 0.3 is 5.97 Å². The predicted molar refractivity (Wildman–Crippen MR) is 69.6 cm³/mol. The van der Waals surface area contributed by atoms with Gasteiger partial charge in [0.1, 0.15) is 0 Å². The number of ether oxygens (including phenoxy) is 1. The Bertz CT molecular complexity index is 418. The minimum absolute atomic E-state index is 0.141. The van der Waals surface area contributed by atoms with Gasteiger partial charge in [-0.2, -0.15) is 0 Å². The molecule has 0 aliphatic rings. The van der Waals surface area contributed by atoms with E-state index in [1.165, 1.54) is 0 Å². The van der Waals surface area contributed by atoms with E-state index in [1.54, 1.807) is 31.2 Å². The normalized spacial score (nSPS) is 9.89. The molecular formula is C13H18N2O3. The van der Waals surface area contributed by atoms with Crippen molar-refractivity contribution in [1.82, 2.24) is 5.32 Å². The molecule has 1 amide bonds. The van der Waals surface area contributed by atoms with Gasteiger partial charge in [-0.25, -0.2) is 4.79 Å². The van der Waals surface area contributed by atoms with Crippen molar-refractivity contribution in [2.24, 2.45) is 0 Å². The Morgan fingerprint density at radius 3 is 2.72 bits per heavy atom. The average Bonchev–Trinajstić information content (AvgIpc) is 2.37. The summed E-state index contributed by atoms with van der Waals surface area (Å²) in [7, 11) is 0. The molecule has 0 aliphatic heterocycles. The van der Waals surface area contributed by atoms with E-state index in [1.807, 2.05) is 6.92 Å². The summed E-state index contributed by atoms with van der Waals surface area (Å²) in [6.07, 6.45) is 0. The van der Waals surface area contributed by atoms with Crippen molar-refractivity contribution < 1.29 is 14.3 Å². The SMILES string of the molecule is CCNCC(=O)Nc1cccc(C(=O)OCC)c1. The number of carbonyl (C=O) groups is 2. The van der Waals surface area contributed by atoms with Crippen molar-refractivity contribution in [3.8, 4) is 0 Å². The second-order valence-corrected chi connectivity index (χ2v) is 3.63. The van der Waals surface area contributed by atoms with Gasteiger partial charge in [0.15, 0.2) is 0 Å². The summed E-state index contributed by atoms with van der Waals surface area (Å²) >= 11 is 0. The van der Waals surface area contributed by atoms with Crippen molar-refractivity contribution >= 4 is 17.6 Å². The van der Waals surface area contributed by atoms with E-state index in [4.69, 9.17) is 4.74 Å². The molecule has 98 valence electrons. The van der Waals surface area contributed by atoms with Gasteiger partial charge in [0.2, 0.25) is 5.91 Å². The van der Waals surface area contributed by atoms with Crippen LogP contribution in [0.4, 0.5) is 5.69 Å². The number of amides is 1. The van der Waals surface area contributed by atoms with Gasteiger partial charge in [-0.15, -0.1) is 0 Å². The lowest BCUT2D eigenvalue weighted by Crippen LogP contribution is -2.27. The van der Waals surface area contributed by atoms with Crippen LogP contribution in [0.25, 0.3) is 0 Å². The number of carbonyl (C=O) groups excluding carboxylic acids is 2. The molecule has 0 bridgehead atoms. The molecule has 5 nitrogen and oxygen atoms in total. The summed E-state index contributed by atoms with van der Waals surface area (Å²) in [5.41, 5.74) is 1.02. The monoisotopic (exact) mass is 250 g/mol. The third-order valence-corrected chi connectivity index (χ3v) is 2.19. The molecule has 0 unspecified atom stereocenters. The summed E-state index contributed by atoms with van der Waals surface area (Å²) in [6, 6.07) is 6.68. The van der Waals surface area contributed by atoms with E-state index >= 15 is 0 Å². The van der Waals surface area contributed by atoms with Crippen LogP contribution in [0.5, 0.6) is 0 Å². The van der Waals surface area contributed by atoms with E-state index in [9.17, 15) is 9.59 Å². The fourth-order valence-electron chi connectivity index (χ4n) is 1.38. The van der Waals surface area contributed by atoms with Crippen LogP contribution in [0.15, 0.2) is 24.3 Å². The summed E-state index contributed by atoms with van der Waals surface area (Å²) in [5.74, 6) is -0.529. The predicted octanol–water partition coefficient (Wildman–Crippen LogP) is 1.41. The molecule has 0 saturated carbocycles. The molecule has 0 heterocycles. The molecule has 0 radical (unpaired) electrons. The minimum atomic E-state index is -0.389. The molecule has 0 aromatic heterocycles. The Kier molecular flexibility index (Phi) is 5.87. The molecule has 1 aromatic carbocycles.